The fourth-order valence-electron chi connectivity index (χ4n) is 1.95. The number of nitro groups is 1. The minimum absolute atomic E-state index is 0.101. The van der Waals surface area contributed by atoms with Gasteiger partial charge in [0.1, 0.15) is 5.82 Å². The quantitative estimate of drug-likeness (QED) is 0.496. The lowest BCUT2D eigenvalue weighted by Crippen LogP contribution is -2.30. The third kappa shape index (κ3) is 4.74. The molecule has 0 aliphatic carbocycles. The van der Waals surface area contributed by atoms with Crippen LogP contribution in [-0.2, 0) is 9.53 Å². The Hall–Kier alpha value is -3.00. The Kier molecular flexibility index (Phi) is 5.66. The largest absolute Gasteiger partial charge is 0.449 e. The summed E-state index contributed by atoms with van der Waals surface area (Å²) in [5.41, 5.74) is 0.338. The first-order chi connectivity index (χ1) is 11.8. The van der Waals surface area contributed by atoms with E-state index in [0.717, 1.165) is 0 Å². The first-order valence-electron chi connectivity index (χ1n) is 7.16. The number of esters is 1. The van der Waals surface area contributed by atoms with Crippen molar-refractivity contribution in [2.75, 3.05) is 5.32 Å². The summed E-state index contributed by atoms with van der Waals surface area (Å²) in [4.78, 5) is 38.3. The molecular formula is C16H14ClN3O5. The molecule has 8 nitrogen and oxygen atoms in total. The van der Waals surface area contributed by atoms with Gasteiger partial charge in [-0.1, -0.05) is 11.6 Å². The molecule has 0 spiro atoms. The van der Waals surface area contributed by atoms with Crippen LogP contribution >= 0.6 is 11.6 Å². The predicted octanol–water partition coefficient (Wildman–Crippen LogP) is 3.14. The lowest BCUT2D eigenvalue weighted by atomic mass is 10.1. The molecule has 1 N–H and O–H groups in total. The summed E-state index contributed by atoms with van der Waals surface area (Å²) in [5, 5.41) is 13.7. The van der Waals surface area contributed by atoms with E-state index in [2.05, 4.69) is 10.3 Å². The molecule has 1 unspecified atom stereocenters. The van der Waals surface area contributed by atoms with Crippen LogP contribution in [0.25, 0.3) is 0 Å². The maximum absolute atomic E-state index is 12.1. The summed E-state index contributed by atoms with van der Waals surface area (Å²) in [6, 6.07) is 6.90. The Morgan fingerprint density at radius 1 is 1.32 bits per heavy atom. The van der Waals surface area contributed by atoms with Crippen molar-refractivity contribution in [3.8, 4) is 0 Å². The Morgan fingerprint density at radius 2 is 2.04 bits per heavy atom. The van der Waals surface area contributed by atoms with Crippen molar-refractivity contribution in [3.63, 3.8) is 0 Å². The van der Waals surface area contributed by atoms with E-state index in [1.807, 2.05) is 0 Å². The molecule has 2 rings (SSSR count). The number of nitrogens with zero attached hydrogens (tertiary/aromatic N) is 2. The number of nitro benzene ring substituents is 1. The third-order valence-electron chi connectivity index (χ3n) is 3.26. The van der Waals surface area contributed by atoms with E-state index in [0.29, 0.717) is 10.6 Å². The topological polar surface area (TPSA) is 111 Å². The van der Waals surface area contributed by atoms with Crippen LogP contribution in [0.1, 0.15) is 22.8 Å². The monoisotopic (exact) mass is 363 g/mol. The highest BCUT2D eigenvalue weighted by molar-refractivity contribution is 6.30. The Labute approximate surface area is 147 Å². The molecule has 130 valence electrons. The number of amides is 1. The highest BCUT2D eigenvalue weighted by Gasteiger charge is 2.21. The standard InChI is InChI=1S/C16H14ClN3O5/c1-9-7-11(3-5-13(9)20(23)24)16(22)25-10(2)15(21)19-14-6-4-12(17)8-18-14/h3-8,10H,1-2H3,(H,18,19,21). The molecule has 1 amide bonds. The van der Waals surface area contributed by atoms with Crippen molar-refractivity contribution >= 4 is 35.0 Å². The van der Waals surface area contributed by atoms with Gasteiger partial charge < -0.3 is 10.1 Å². The zero-order valence-electron chi connectivity index (χ0n) is 13.4. The fraction of sp³-hybridized carbons (Fsp3) is 0.188. The number of rotatable bonds is 5. The normalized spacial score (nSPS) is 11.5. The number of aryl methyl sites for hydroxylation is 1. The van der Waals surface area contributed by atoms with Crippen LogP contribution in [-0.4, -0.2) is 27.9 Å². The number of ether oxygens (including phenoxy) is 1. The average molecular weight is 364 g/mol. The van der Waals surface area contributed by atoms with Gasteiger partial charge in [-0.15, -0.1) is 0 Å². The van der Waals surface area contributed by atoms with Crippen molar-refractivity contribution in [1.82, 2.24) is 4.98 Å². The van der Waals surface area contributed by atoms with E-state index in [4.69, 9.17) is 16.3 Å². The van der Waals surface area contributed by atoms with Crippen molar-refractivity contribution in [3.05, 3.63) is 62.8 Å². The summed E-state index contributed by atoms with van der Waals surface area (Å²) >= 11 is 5.70. The predicted molar refractivity (Wildman–Crippen MR) is 90.6 cm³/mol. The summed E-state index contributed by atoms with van der Waals surface area (Å²) in [6.07, 6.45) is 0.286. The van der Waals surface area contributed by atoms with Crippen LogP contribution in [0.15, 0.2) is 36.5 Å². The highest BCUT2D eigenvalue weighted by atomic mass is 35.5. The molecule has 1 heterocycles. The smallest absolute Gasteiger partial charge is 0.338 e. The van der Waals surface area contributed by atoms with Crippen molar-refractivity contribution in [1.29, 1.82) is 0 Å². The highest BCUT2D eigenvalue weighted by Crippen LogP contribution is 2.19. The maximum atomic E-state index is 12.1. The lowest BCUT2D eigenvalue weighted by molar-refractivity contribution is -0.385. The minimum Gasteiger partial charge on any atom is -0.449 e. The van der Waals surface area contributed by atoms with Gasteiger partial charge in [0, 0.05) is 17.8 Å². The number of hydrogen-bond donors (Lipinski definition) is 1. The summed E-state index contributed by atoms with van der Waals surface area (Å²) in [6.45, 7) is 2.92. The molecule has 0 saturated heterocycles. The van der Waals surface area contributed by atoms with E-state index in [1.165, 1.54) is 44.3 Å². The van der Waals surface area contributed by atoms with Crippen LogP contribution in [0.2, 0.25) is 5.02 Å². The molecule has 0 aliphatic heterocycles. The van der Waals surface area contributed by atoms with Crippen LogP contribution in [0.5, 0.6) is 0 Å². The first kappa shape index (κ1) is 18.3. The number of aromatic nitrogens is 1. The van der Waals surface area contributed by atoms with Gasteiger partial charge in [-0.3, -0.25) is 14.9 Å². The summed E-state index contributed by atoms with van der Waals surface area (Å²) in [5.74, 6) is -1.06. The van der Waals surface area contributed by atoms with E-state index in [9.17, 15) is 19.7 Å². The second kappa shape index (κ2) is 7.71. The summed E-state index contributed by atoms with van der Waals surface area (Å²) < 4.78 is 5.07. The van der Waals surface area contributed by atoms with Crippen molar-refractivity contribution in [2.24, 2.45) is 0 Å². The van der Waals surface area contributed by atoms with E-state index >= 15 is 0 Å². The van der Waals surface area contributed by atoms with Gasteiger partial charge >= 0.3 is 5.97 Å². The van der Waals surface area contributed by atoms with E-state index < -0.39 is 22.9 Å². The van der Waals surface area contributed by atoms with Gasteiger partial charge in [0.2, 0.25) is 0 Å². The SMILES string of the molecule is Cc1cc(C(=O)OC(C)C(=O)Nc2ccc(Cl)cn2)ccc1[N+](=O)[O-]. The maximum Gasteiger partial charge on any atom is 0.338 e. The molecule has 1 aromatic carbocycles. The molecule has 0 saturated carbocycles. The van der Waals surface area contributed by atoms with E-state index in [-0.39, 0.29) is 17.1 Å². The van der Waals surface area contributed by atoms with Gasteiger partial charge in [-0.25, -0.2) is 9.78 Å². The van der Waals surface area contributed by atoms with Crippen LogP contribution in [0, 0.1) is 17.0 Å². The molecule has 1 aromatic heterocycles. The fourth-order valence-corrected chi connectivity index (χ4v) is 2.06. The Bertz CT molecular complexity index is 823. The molecule has 1 atom stereocenters. The number of pyridine rings is 1. The summed E-state index contributed by atoms with van der Waals surface area (Å²) in [7, 11) is 0. The van der Waals surface area contributed by atoms with Gasteiger partial charge in [-0.2, -0.15) is 0 Å². The van der Waals surface area contributed by atoms with Crippen LogP contribution < -0.4 is 5.32 Å². The number of carbonyl (C=O) groups is 2. The first-order valence-corrected chi connectivity index (χ1v) is 7.54. The molecule has 0 aliphatic rings. The molecule has 0 bridgehead atoms. The molecule has 2 aromatic rings. The van der Waals surface area contributed by atoms with E-state index in [1.54, 1.807) is 6.07 Å². The minimum atomic E-state index is -1.08. The second-order valence-corrected chi connectivity index (χ2v) is 5.59. The number of benzene rings is 1. The Morgan fingerprint density at radius 3 is 2.60 bits per heavy atom. The molecule has 25 heavy (non-hydrogen) atoms. The van der Waals surface area contributed by atoms with Gasteiger partial charge in [0.15, 0.2) is 6.10 Å². The number of carbonyl (C=O) groups excluding carboxylic acids is 2. The van der Waals surface area contributed by atoms with Crippen molar-refractivity contribution < 1.29 is 19.2 Å². The van der Waals surface area contributed by atoms with Gasteiger partial charge in [-0.05, 0) is 38.1 Å². The number of halogens is 1. The van der Waals surface area contributed by atoms with Crippen molar-refractivity contribution in [2.45, 2.75) is 20.0 Å². The molecule has 0 fully saturated rings. The zero-order valence-corrected chi connectivity index (χ0v) is 14.1. The Balaban J connectivity index is 2.01. The second-order valence-electron chi connectivity index (χ2n) is 5.16. The van der Waals surface area contributed by atoms with Crippen LogP contribution in [0.4, 0.5) is 11.5 Å². The van der Waals surface area contributed by atoms with Gasteiger partial charge in [0.05, 0.1) is 15.5 Å². The number of hydrogen-bond acceptors (Lipinski definition) is 6. The lowest BCUT2D eigenvalue weighted by Gasteiger charge is -2.13. The molecular weight excluding hydrogens is 350 g/mol. The number of anilines is 1. The average Bonchev–Trinajstić information content (AvgIpc) is 2.56. The molecule has 9 heteroatoms. The molecule has 0 radical (unpaired) electrons. The zero-order chi connectivity index (χ0) is 18.6. The van der Waals surface area contributed by atoms with Crippen LogP contribution in [0.3, 0.4) is 0 Å². The third-order valence-corrected chi connectivity index (χ3v) is 3.48. The number of nitrogens with one attached hydrogen (secondary N) is 1. The van der Waals surface area contributed by atoms with Gasteiger partial charge in [0.25, 0.3) is 11.6 Å².